The van der Waals surface area contributed by atoms with Gasteiger partial charge in [-0.1, -0.05) is 0 Å². The van der Waals surface area contributed by atoms with Gasteiger partial charge in [-0.2, -0.15) is 0 Å². The van der Waals surface area contributed by atoms with E-state index < -0.39 is 4.93 Å². The zero-order valence-electron chi connectivity index (χ0n) is 7.25. The molecule has 70 valence electrons. The molecule has 0 aromatic heterocycles. The normalized spacial score (nSPS) is 36.3. The number of hydrogen-bond acceptors (Lipinski definition) is 3. The Morgan fingerprint density at radius 3 is 2.42 bits per heavy atom. The SMILES string of the molecule is CSC1(O)CCC(C(N)=O)CC1. The highest BCUT2D eigenvalue weighted by Crippen LogP contribution is 2.38. The molecule has 1 fully saturated rings. The first kappa shape index (κ1) is 9.86. The fourth-order valence-electron chi connectivity index (χ4n) is 1.56. The largest absolute Gasteiger partial charge is 0.380 e. The van der Waals surface area contributed by atoms with Crippen LogP contribution in [0.4, 0.5) is 0 Å². The monoisotopic (exact) mass is 189 g/mol. The van der Waals surface area contributed by atoms with Crippen LogP contribution < -0.4 is 5.73 Å². The van der Waals surface area contributed by atoms with Crippen molar-refractivity contribution in [3.63, 3.8) is 0 Å². The summed E-state index contributed by atoms with van der Waals surface area (Å²) in [4.78, 5) is 10.2. The van der Waals surface area contributed by atoms with E-state index in [1.54, 1.807) is 0 Å². The van der Waals surface area contributed by atoms with Gasteiger partial charge in [-0.25, -0.2) is 0 Å². The summed E-state index contributed by atoms with van der Waals surface area (Å²) in [6, 6.07) is 0. The Labute approximate surface area is 76.7 Å². The molecule has 3 N–H and O–H groups in total. The van der Waals surface area contributed by atoms with E-state index in [1.807, 2.05) is 6.26 Å². The van der Waals surface area contributed by atoms with Gasteiger partial charge in [-0.15, -0.1) is 11.8 Å². The smallest absolute Gasteiger partial charge is 0.220 e. The van der Waals surface area contributed by atoms with Crippen molar-refractivity contribution in [3.8, 4) is 0 Å². The number of hydrogen-bond donors (Lipinski definition) is 2. The first-order valence-electron chi connectivity index (χ1n) is 4.14. The maximum Gasteiger partial charge on any atom is 0.220 e. The standard InChI is InChI=1S/C8H15NO2S/c1-12-8(11)4-2-6(3-5-8)7(9)10/h6,11H,2-5H2,1H3,(H2,9,10). The summed E-state index contributed by atoms with van der Waals surface area (Å²) in [5.74, 6) is -0.240. The minimum atomic E-state index is -0.605. The minimum Gasteiger partial charge on any atom is -0.380 e. The predicted molar refractivity (Wildman–Crippen MR) is 49.6 cm³/mol. The van der Waals surface area contributed by atoms with Crippen molar-refractivity contribution >= 4 is 17.7 Å². The molecule has 0 bridgehead atoms. The molecule has 0 spiro atoms. The molecule has 12 heavy (non-hydrogen) atoms. The molecular weight excluding hydrogens is 174 g/mol. The zero-order valence-corrected chi connectivity index (χ0v) is 8.06. The number of rotatable bonds is 2. The van der Waals surface area contributed by atoms with Crippen LogP contribution in [-0.2, 0) is 4.79 Å². The molecule has 0 aromatic rings. The molecule has 4 heteroatoms. The topological polar surface area (TPSA) is 63.3 Å². The van der Waals surface area contributed by atoms with Gasteiger partial charge in [0.15, 0.2) is 0 Å². The summed E-state index contributed by atoms with van der Waals surface area (Å²) >= 11 is 1.47. The van der Waals surface area contributed by atoms with E-state index in [0.717, 1.165) is 12.8 Å². The third-order valence-electron chi connectivity index (χ3n) is 2.55. The van der Waals surface area contributed by atoms with E-state index >= 15 is 0 Å². The molecule has 1 rings (SSSR count). The van der Waals surface area contributed by atoms with E-state index in [0.29, 0.717) is 12.8 Å². The van der Waals surface area contributed by atoms with Crippen LogP contribution in [0.25, 0.3) is 0 Å². The van der Waals surface area contributed by atoms with Crippen LogP contribution in [0.1, 0.15) is 25.7 Å². The van der Waals surface area contributed by atoms with E-state index in [2.05, 4.69) is 0 Å². The lowest BCUT2D eigenvalue weighted by atomic mass is 9.86. The van der Waals surface area contributed by atoms with Gasteiger partial charge in [0.25, 0.3) is 0 Å². The van der Waals surface area contributed by atoms with Gasteiger partial charge in [0.05, 0.1) is 0 Å². The van der Waals surface area contributed by atoms with Gasteiger partial charge < -0.3 is 10.8 Å². The number of thioether (sulfide) groups is 1. The molecule has 0 radical (unpaired) electrons. The summed E-state index contributed by atoms with van der Waals surface area (Å²) in [7, 11) is 0. The Morgan fingerprint density at radius 1 is 1.58 bits per heavy atom. The second-order valence-corrected chi connectivity index (χ2v) is 4.50. The summed E-state index contributed by atoms with van der Waals surface area (Å²) in [5.41, 5.74) is 5.17. The lowest BCUT2D eigenvalue weighted by Gasteiger charge is -2.33. The van der Waals surface area contributed by atoms with Crippen LogP contribution in [0.15, 0.2) is 0 Å². The number of amides is 1. The van der Waals surface area contributed by atoms with Crippen LogP contribution in [0.2, 0.25) is 0 Å². The minimum absolute atomic E-state index is 0.0163. The third kappa shape index (κ3) is 2.14. The summed E-state index contributed by atoms with van der Waals surface area (Å²) in [5, 5.41) is 9.79. The Bertz CT molecular complexity index is 176. The van der Waals surface area contributed by atoms with Crippen LogP contribution in [0, 0.1) is 5.92 Å². The molecule has 0 aromatic carbocycles. The second kappa shape index (κ2) is 3.66. The molecule has 0 saturated heterocycles. The molecule has 1 amide bonds. The maximum atomic E-state index is 10.8. The quantitative estimate of drug-likeness (QED) is 0.629. The highest BCUT2D eigenvalue weighted by molar-refractivity contribution is 7.99. The first-order chi connectivity index (χ1) is 5.57. The fourth-order valence-corrected chi connectivity index (χ4v) is 2.20. The van der Waals surface area contributed by atoms with E-state index in [-0.39, 0.29) is 11.8 Å². The Morgan fingerprint density at radius 2 is 2.08 bits per heavy atom. The van der Waals surface area contributed by atoms with Crippen LogP contribution in [-0.4, -0.2) is 22.2 Å². The molecular formula is C8H15NO2S. The first-order valence-corrected chi connectivity index (χ1v) is 5.37. The van der Waals surface area contributed by atoms with Crippen molar-refractivity contribution in [1.29, 1.82) is 0 Å². The molecule has 3 nitrogen and oxygen atoms in total. The Kier molecular flexibility index (Phi) is 3.01. The summed E-state index contributed by atoms with van der Waals surface area (Å²) in [6.07, 6.45) is 4.72. The van der Waals surface area contributed by atoms with E-state index in [4.69, 9.17) is 5.73 Å². The molecule has 1 aliphatic rings. The van der Waals surface area contributed by atoms with Gasteiger partial charge in [0.1, 0.15) is 4.93 Å². The summed E-state index contributed by atoms with van der Waals surface area (Å²) < 4.78 is 0. The Balaban J connectivity index is 2.44. The average Bonchev–Trinajstić information content (AvgIpc) is 2.05. The lowest BCUT2D eigenvalue weighted by Crippen LogP contribution is -2.35. The number of primary amides is 1. The van der Waals surface area contributed by atoms with Crippen LogP contribution in [0.3, 0.4) is 0 Å². The molecule has 1 aliphatic carbocycles. The highest BCUT2D eigenvalue weighted by Gasteiger charge is 2.34. The molecule has 0 atom stereocenters. The number of carbonyl (C=O) groups is 1. The zero-order chi connectivity index (χ0) is 9.19. The highest BCUT2D eigenvalue weighted by atomic mass is 32.2. The third-order valence-corrected chi connectivity index (χ3v) is 3.72. The average molecular weight is 189 g/mol. The lowest BCUT2D eigenvalue weighted by molar-refractivity contribution is -0.123. The van der Waals surface area contributed by atoms with Crippen molar-refractivity contribution in [2.24, 2.45) is 11.7 Å². The second-order valence-electron chi connectivity index (χ2n) is 3.33. The summed E-state index contributed by atoms with van der Waals surface area (Å²) in [6.45, 7) is 0. The number of aliphatic hydroxyl groups is 1. The van der Waals surface area contributed by atoms with Gasteiger partial charge in [-0.3, -0.25) is 4.79 Å². The fraction of sp³-hybridized carbons (Fsp3) is 0.875. The molecule has 1 saturated carbocycles. The molecule has 0 heterocycles. The number of nitrogens with two attached hydrogens (primary N) is 1. The molecule has 0 aliphatic heterocycles. The van der Waals surface area contributed by atoms with Gasteiger partial charge in [-0.05, 0) is 31.9 Å². The van der Waals surface area contributed by atoms with Crippen molar-refractivity contribution < 1.29 is 9.90 Å². The van der Waals surface area contributed by atoms with Crippen LogP contribution >= 0.6 is 11.8 Å². The number of carbonyl (C=O) groups excluding carboxylic acids is 1. The van der Waals surface area contributed by atoms with Crippen molar-refractivity contribution in [2.45, 2.75) is 30.6 Å². The van der Waals surface area contributed by atoms with E-state index in [1.165, 1.54) is 11.8 Å². The van der Waals surface area contributed by atoms with Gasteiger partial charge in [0, 0.05) is 5.92 Å². The van der Waals surface area contributed by atoms with Crippen molar-refractivity contribution in [1.82, 2.24) is 0 Å². The van der Waals surface area contributed by atoms with Gasteiger partial charge >= 0.3 is 0 Å². The van der Waals surface area contributed by atoms with Crippen LogP contribution in [0.5, 0.6) is 0 Å². The van der Waals surface area contributed by atoms with Gasteiger partial charge in [0.2, 0.25) is 5.91 Å². The predicted octanol–water partition coefficient (Wildman–Crippen LogP) is 0.714. The van der Waals surface area contributed by atoms with E-state index in [9.17, 15) is 9.90 Å². The maximum absolute atomic E-state index is 10.8. The molecule has 0 unspecified atom stereocenters. The van der Waals surface area contributed by atoms with Crippen molar-refractivity contribution in [3.05, 3.63) is 0 Å². The Hall–Kier alpha value is -0.220. The van der Waals surface area contributed by atoms with Crippen molar-refractivity contribution in [2.75, 3.05) is 6.26 Å².